The SMILES string of the molecule is COC(=O)[C@@H](c1ccccc1)N1CCCCN1C(=O)OC(C)(C)C. The topological polar surface area (TPSA) is 59.1 Å². The lowest BCUT2D eigenvalue weighted by atomic mass is 10.1. The second-order valence-electron chi connectivity index (χ2n) is 6.81. The summed E-state index contributed by atoms with van der Waals surface area (Å²) in [6.07, 6.45) is 1.34. The summed E-state index contributed by atoms with van der Waals surface area (Å²) < 4.78 is 10.5. The Hall–Kier alpha value is -2.08. The fourth-order valence-electron chi connectivity index (χ4n) is 2.74. The predicted molar refractivity (Wildman–Crippen MR) is 90.1 cm³/mol. The molecule has 0 N–H and O–H groups in total. The minimum absolute atomic E-state index is 0.392. The smallest absolute Gasteiger partial charge is 0.425 e. The van der Waals surface area contributed by atoms with Gasteiger partial charge in [0.15, 0.2) is 6.04 Å². The van der Waals surface area contributed by atoms with E-state index in [4.69, 9.17) is 9.47 Å². The van der Waals surface area contributed by atoms with E-state index in [0.717, 1.165) is 18.4 Å². The van der Waals surface area contributed by atoms with Gasteiger partial charge in [0.2, 0.25) is 0 Å². The molecule has 1 aliphatic rings. The van der Waals surface area contributed by atoms with Crippen molar-refractivity contribution in [3.8, 4) is 0 Å². The molecule has 1 fully saturated rings. The first kappa shape index (κ1) is 18.3. The molecule has 1 atom stereocenters. The van der Waals surface area contributed by atoms with Crippen LogP contribution in [0.25, 0.3) is 0 Å². The molecule has 6 heteroatoms. The normalized spacial score (nSPS) is 17.2. The molecule has 1 saturated heterocycles. The van der Waals surface area contributed by atoms with Gasteiger partial charge in [-0.1, -0.05) is 30.3 Å². The number of nitrogens with zero attached hydrogens (tertiary/aromatic N) is 2. The van der Waals surface area contributed by atoms with Crippen molar-refractivity contribution in [3.05, 3.63) is 35.9 Å². The van der Waals surface area contributed by atoms with Gasteiger partial charge in [0.1, 0.15) is 5.60 Å². The van der Waals surface area contributed by atoms with Gasteiger partial charge in [-0.05, 0) is 39.2 Å². The second kappa shape index (κ2) is 7.66. The number of hydrogen-bond donors (Lipinski definition) is 0. The summed E-state index contributed by atoms with van der Waals surface area (Å²) in [5.74, 6) is -0.392. The Morgan fingerprint density at radius 2 is 1.71 bits per heavy atom. The third-order valence-corrected chi connectivity index (χ3v) is 3.76. The van der Waals surface area contributed by atoms with Gasteiger partial charge in [0.05, 0.1) is 7.11 Å². The van der Waals surface area contributed by atoms with Crippen LogP contribution in [0.5, 0.6) is 0 Å². The number of carbonyl (C=O) groups is 2. The molecular weight excluding hydrogens is 308 g/mol. The number of ether oxygens (including phenoxy) is 2. The van der Waals surface area contributed by atoms with Crippen LogP contribution in [0.1, 0.15) is 45.2 Å². The lowest BCUT2D eigenvalue weighted by Crippen LogP contribution is -2.54. The van der Waals surface area contributed by atoms with Gasteiger partial charge in [-0.25, -0.2) is 14.6 Å². The Kier molecular flexibility index (Phi) is 5.83. The maximum absolute atomic E-state index is 12.6. The molecule has 132 valence electrons. The maximum atomic E-state index is 12.6. The molecule has 1 amide bonds. The third-order valence-electron chi connectivity index (χ3n) is 3.76. The minimum Gasteiger partial charge on any atom is -0.468 e. The van der Waals surface area contributed by atoms with Crippen LogP contribution in [-0.4, -0.2) is 47.9 Å². The summed E-state index contributed by atoms with van der Waals surface area (Å²) in [6.45, 7) is 6.60. The van der Waals surface area contributed by atoms with Crippen LogP contribution in [0.2, 0.25) is 0 Å². The summed E-state index contributed by atoms with van der Waals surface area (Å²) in [6, 6.07) is 8.69. The zero-order chi connectivity index (χ0) is 17.7. The Balaban J connectivity index is 2.31. The van der Waals surface area contributed by atoms with E-state index in [9.17, 15) is 9.59 Å². The van der Waals surface area contributed by atoms with Crippen LogP contribution in [0.4, 0.5) is 4.79 Å². The van der Waals surface area contributed by atoms with Gasteiger partial charge in [0.25, 0.3) is 0 Å². The van der Waals surface area contributed by atoms with Crippen LogP contribution >= 0.6 is 0 Å². The van der Waals surface area contributed by atoms with Crippen molar-refractivity contribution in [2.45, 2.75) is 45.3 Å². The van der Waals surface area contributed by atoms with E-state index in [1.165, 1.54) is 12.1 Å². The van der Waals surface area contributed by atoms with Gasteiger partial charge < -0.3 is 9.47 Å². The van der Waals surface area contributed by atoms with Crippen LogP contribution in [-0.2, 0) is 14.3 Å². The summed E-state index contributed by atoms with van der Waals surface area (Å²) in [5.41, 5.74) is 0.202. The van der Waals surface area contributed by atoms with E-state index in [1.54, 1.807) is 5.01 Å². The standard InChI is InChI=1S/C18H26N2O4/c1-18(2,3)24-17(22)20-13-9-8-12-19(20)15(16(21)23-4)14-10-6-5-7-11-14/h5-7,10-11,15H,8-9,12-13H2,1-4H3/t15-/m1/s1. The summed E-state index contributed by atoms with van der Waals surface area (Å²) in [7, 11) is 1.36. The molecule has 0 spiro atoms. The first-order chi connectivity index (χ1) is 11.3. The Morgan fingerprint density at radius 1 is 1.08 bits per heavy atom. The van der Waals surface area contributed by atoms with Crippen LogP contribution in [0.3, 0.4) is 0 Å². The molecule has 1 aromatic carbocycles. The third kappa shape index (κ3) is 4.47. The first-order valence-corrected chi connectivity index (χ1v) is 8.23. The van der Waals surface area contributed by atoms with Crippen molar-refractivity contribution in [1.82, 2.24) is 10.0 Å². The van der Waals surface area contributed by atoms with E-state index in [1.807, 2.05) is 51.1 Å². The van der Waals surface area contributed by atoms with E-state index in [-0.39, 0.29) is 0 Å². The largest absolute Gasteiger partial charge is 0.468 e. The minimum atomic E-state index is -0.663. The molecule has 0 aliphatic carbocycles. The van der Waals surface area contributed by atoms with Crippen molar-refractivity contribution in [2.24, 2.45) is 0 Å². The number of hydrogen-bond acceptors (Lipinski definition) is 5. The highest BCUT2D eigenvalue weighted by Gasteiger charge is 2.38. The second-order valence-corrected chi connectivity index (χ2v) is 6.81. The van der Waals surface area contributed by atoms with Crippen LogP contribution in [0.15, 0.2) is 30.3 Å². The van der Waals surface area contributed by atoms with E-state index in [0.29, 0.717) is 13.1 Å². The van der Waals surface area contributed by atoms with Gasteiger partial charge in [0, 0.05) is 13.1 Å². The summed E-state index contributed by atoms with van der Waals surface area (Å²) in [5, 5.41) is 3.29. The highest BCUT2D eigenvalue weighted by molar-refractivity contribution is 5.78. The van der Waals surface area contributed by atoms with Gasteiger partial charge in [-0.2, -0.15) is 5.01 Å². The number of hydrazine groups is 1. The zero-order valence-corrected chi connectivity index (χ0v) is 14.8. The van der Waals surface area contributed by atoms with Gasteiger partial charge in [-0.3, -0.25) is 0 Å². The lowest BCUT2D eigenvalue weighted by molar-refractivity contribution is -0.159. The monoisotopic (exact) mass is 334 g/mol. The molecular formula is C18H26N2O4. The van der Waals surface area contributed by atoms with Crippen molar-refractivity contribution in [3.63, 3.8) is 0 Å². The van der Waals surface area contributed by atoms with Crippen molar-refractivity contribution in [1.29, 1.82) is 0 Å². The van der Waals surface area contributed by atoms with Crippen molar-refractivity contribution >= 4 is 12.1 Å². The highest BCUT2D eigenvalue weighted by atomic mass is 16.6. The molecule has 0 aromatic heterocycles. The first-order valence-electron chi connectivity index (χ1n) is 8.23. The number of carbonyl (C=O) groups excluding carboxylic acids is 2. The summed E-state index contributed by atoms with van der Waals surface area (Å²) in [4.78, 5) is 25.0. The number of rotatable bonds is 3. The molecule has 0 saturated carbocycles. The summed E-state index contributed by atoms with van der Waals surface area (Å²) >= 11 is 0. The average molecular weight is 334 g/mol. The Morgan fingerprint density at radius 3 is 2.29 bits per heavy atom. The fraction of sp³-hybridized carbons (Fsp3) is 0.556. The molecule has 1 heterocycles. The van der Waals surface area contributed by atoms with Crippen LogP contribution in [0, 0.1) is 0 Å². The molecule has 24 heavy (non-hydrogen) atoms. The van der Waals surface area contributed by atoms with E-state index in [2.05, 4.69) is 0 Å². The molecule has 6 nitrogen and oxygen atoms in total. The number of methoxy groups -OCH3 is 1. The molecule has 0 bridgehead atoms. The fourth-order valence-corrected chi connectivity index (χ4v) is 2.74. The number of esters is 1. The molecule has 2 rings (SSSR count). The lowest BCUT2D eigenvalue weighted by Gasteiger charge is -2.42. The Labute approximate surface area is 143 Å². The number of benzene rings is 1. The van der Waals surface area contributed by atoms with Crippen molar-refractivity contribution < 1.29 is 19.1 Å². The molecule has 1 aliphatic heterocycles. The zero-order valence-electron chi connectivity index (χ0n) is 14.8. The van der Waals surface area contributed by atoms with Crippen LogP contribution < -0.4 is 0 Å². The van der Waals surface area contributed by atoms with Gasteiger partial charge in [-0.15, -0.1) is 0 Å². The van der Waals surface area contributed by atoms with E-state index >= 15 is 0 Å². The molecule has 0 radical (unpaired) electrons. The quantitative estimate of drug-likeness (QED) is 0.795. The molecule has 1 aromatic rings. The average Bonchev–Trinajstić information content (AvgIpc) is 2.54. The predicted octanol–water partition coefficient (Wildman–Crippen LogP) is 3.15. The highest BCUT2D eigenvalue weighted by Crippen LogP contribution is 2.28. The Bertz CT molecular complexity index is 568. The number of amides is 1. The van der Waals surface area contributed by atoms with Gasteiger partial charge >= 0.3 is 12.1 Å². The van der Waals surface area contributed by atoms with Crippen molar-refractivity contribution in [2.75, 3.05) is 20.2 Å². The van der Waals surface area contributed by atoms with E-state index < -0.39 is 23.7 Å². The maximum Gasteiger partial charge on any atom is 0.425 e. The molecule has 0 unspecified atom stereocenters.